The zero-order chi connectivity index (χ0) is 98.8. The van der Waals surface area contributed by atoms with Crippen LogP contribution >= 0.6 is 0 Å². The zero-order valence-electron chi connectivity index (χ0n) is 84.5. The van der Waals surface area contributed by atoms with E-state index < -0.39 is 0 Å². The highest BCUT2D eigenvalue weighted by Gasteiger charge is 2.15. The molecule has 0 saturated carbocycles. The van der Waals surface area contributed by atoms with Crippen LogP contribution in [0, 0.1) is 34.6 Å². The van der Waals surface area contributed by atoms with Crippen LogP contribution in [0.15, 0.2) is 296 Å². The number of nitrogens with zero attached hydrogens (tertiary/aromatic N) is 22. The molecule has 24 nitrogen and oxygen atoms in total. The fourth-order valence-corrected chi connectivity index (χ4v) is 13.6. The number of pyridine rings is 9. The van der Waals surface area contributed by atoms with E-state index in [1.807, 2.05) is 153 Å². The van der Waals surface area contributed by atoms with E-state index in [1.54, 1.807) is 54.3 Å². The van der Waals surface area contributed by atoms with Crippen molar-refractivity contribution in [2.24, 2.45) is 21.1 Å². The lowest BCUT2D eigenvalue weighted by Crippen LogP contribution is -1.98. The van der Waals surface area contributed by atoms with Crippen molar-refractivity contribution in [2.75, 3.05) is 0 Å². The maximum atomic E-state index is 5.05. The van der Waals surface area contributed by atoms with Gasteiger partial charge in [0.1, 0.15) is 0 Å². The molecule has 0 amide bonds. The van der Waals surface area contributed by atoms with Gasteiger partial charge in [0.25, 0.3) is 11.8 Å². The van der Waals surface area contributed by atoms with Crippen LogP contribution in [-0.4, -0.2) is 109 Å². The smallest absolute Gasteiger partial charge is 0.259 e. The molecule has 0 spiro atoms. The summed E-state index contributed by atoms with van der Waals surface area (Å²) in [4.78, 5) is 52.1. The second kappa shape index (κ2) is 51.5. The predicted molar refractivity (Wildman–Crippen MR) is 553 cm³/mol. The van der Waals surface area contributed by atoms with E-state index in [0.29, 0.717) is 76.7 Å². The van der Waals surface area contributed by atoms with Gasteiger partial charge in [0.05, 0.1) is 66.0 Å². The van der Waals surface area contributed by atoms with Gasteiger partial charge in [0.2, 0.25) is 0 Å². The number of rotatable bonds is 18. The van der Waals surface area contributed by atoms with E-state index in [9.17, 15) is 0 Å². The molecule has 0 N–H and O–H groups in total. The lowest BCUT2D eigenvalue weighted by Gasteiger charge is -2.08. The van der Waals surface area contributed by atoms with Crippen LogP contribution < -0.4 is 0 Å². The van der Waals surface area contributed by atoms with Crippen LogP contribution in [0.4, 0.5) is 0 Å². The third-order valence-electron chi connectivity index (χ3n) is 22.2. The molecule has 15 heterocycles. The Bertz CT molecular complexity index is 6330. The molecule has 0 aliphatic heterocycles. The summed E-state index contributed by atoms with van der Waals surface area (Å²) in [5.74, 6) is 6.56. The first-order chi connectivity index (χ1) is 65.7. The average molecular weight is 1830 g/mol. The molecule has 0 unspecified atom stereocenters. The van der Waals surface area contributed by atoms with Crippen molar-refractivity contribution in [3.63, 3.8) is 0 Å². The third-order valence-corrected chi connectivity index (χ3v) is 22.2. The Morgan fingerprint density at radius 3 is 1.00 bits per heavy atom. The molecule has 0 bridgehead atoms. The van der Waals surface area contributed by atoms with Gasteiger partial charge in [-0.05, 0) is 189 Å². The van der Waals surface area contributed by atoms with Gasteiger partial charge in [0, 0.05) is 178 Å². The molecule has 18 rings (SSSR count). The minimum Gasteiger partial charge on any atom is -0.334 e. The van der Waals surface area contributed by atoms with Gasteiger partial charge in [0.15, 0.2) is 11.6 Å². The molecule has 708 valence electrons. The van der Waals surface area contributed by atoms with E-state index in [-0.39, 0.29) is 0 Å². The Labute approximate surface area is 809 Å². The fraction of sp³-hybridized carbons (Fsp3) is 0.310. The van der Waals surface area contributed by atoms with Crippen LogP contribution in [-0.2, 0) is 21.1 Å². The number of aromatic nitrogens is 22. The normalized spacial score (nSPS) is 10.9. The Kier molecular flexibility index (Phi) is 39.2. The van der Waals surface area contributed by atoms with Crippen molar-refractivity contribution >= 4 is 0 Å². The molecule has 3 aromatic carbocycles. The first-order valence-electron chi connectivity index (χ1n) is 46.9. The molecule has 15 aromatic heterocycles. The van der Waals surface area contributed by atoms with E-state index >= 15 is 0 Å². The standard InChI is InChI=1S/2C15H17N.C14H15N.C13H17N3.2C12H15N3.2C11H13N3O.C10H12N4/c1-11(2)15-8-7-14(10-16-15)13-6-4-5-12(3)9-13;1-11(2)15-9-8-13(10-16-15)14-7-5-4-6-12(14)3;1-11(2)14-9-8-13(10-15-14)12-6-4-3-5-7-12;1-9(2)13-6-5-11(7-14-13)12-8-15-16(4)10(12)3;1-9(2)12-5-4-10(6-13-12)11-7-14-15(3)8-11;1-9(2)11-5-4-10(6-14-11)12-7-13-8-15(12)3;2*1-7(2)10-5-4-9(6-12-10)11-13-8(3)14-15-11;1-8(2)10-4-3-9(7-11-10)14-6-5-12-13-14/h2*4-11H,1-3H3;3-11H,1-2H3;5-9H,1-4H3;2*4-9H,1-3H3;2*4-7H,1-3H3;3-8H,1-2H3. The van der Waals surface area contributed by atoms with Crippen LogP contribution in [0.25, 0.3) is 95.5 Å². The summed E-state index contributed by atoms with van der Waals surface area (Å²) in [5.41, 5.74) is 30.5. The molecule has 0 aliphatic carbocycles. The minimum absolute atomic E-state index is 0.434. The molecule has 0 aliphatic rings. The van der Waals surface area contributed by atoms with Crippen molar-refractivity contribution in [1.29, 1.82) is 0 Å². The van der Waals surface area contributed by atoms with Crippen LogP contribution in [0.3, 0.4) is 0 Å². The first-order valence-corrected chi connectivity index (χ1v) is 46.9. The lowest BCUT2D eigenvalue weighted by molar-refractivity contribution is 0.425. The van der Waals surface area contributed by atoms with Crippen molar-refractivity contribution in [2.45, 2.75) is 213 Å². The summed E-state index contributed by atoms with van der Waals surface area (Å²) >= 11 is 0. The number of benzene rings is 3. The summed E-state index contributed by atoms with van der Waals surface area (Å²) in [7, 11) is 5.85. The minimum atomic E-state index is 0.434. The second-order valence-corrected chi connectivity index (χ2v) is 36.4. The average Bonchev–Trinajstić information content (AvgIpc) is 1.66. The van der Waals surface area contributed by atoms with Crippen LogP contribution in [0.5, 0.6) is 0 Å². The van der Waals surface area contributed by atoms with Crippen molar-refractivity contribution in [1.82, 2.24) is 109 Å². The van der Waals surface area contributed by atoms with E-state index in [2.05, 4.69) is 369 Å². The number of imidazole rings is 1. The molecule has 137 heavy (non-hydrogen) atoms. The predicted octanol–water partition coefficient (Wildman–Crippen LogP) is 27.3. The summed E-state index contributed by atoms with van der Waals surface area (Å²) in [6.45, 7) is 48.4. The molecule has 24 heteroatoms. The highest BCUT2D eigenvalue weighted by Crippen LogP contribution is 2.30. The van der Waals surface area contributed by atoms with Crippen molar-refractivity contribution in [3.05, 3.63) is 367 Å². The molecule has 0 fully saturated rings. The van der Waals surface area contributed by atoms with Gasteiger partial charge in [-0.3, -0.25) is 54.2 Å². The molecular formula is C113H134N22O2. The highest BCUT2D eigenvalue weighted by atomic mass is 16.5. The van der Waals surface area contributed by atoms with Gasteiger partial charge in [-0.2, -0.15) is 20.2 Å². The largest absolute Gasteiger partial charge is 0.334 e. The second-order valence-electron chi connectivity index (χ2n) is 36.4. The molecule has 18 aromatic rings. The van der Waals surface area contributed by atoms with Gasteiger partial charge in [-0.25, -0.2) is 9.67 Å². The molecule has 0 radical (unpaired) electrons. The number of aryl methyl sites for hydroxylation is 7. The summed E-state index contributed by atoms with van der Waals surface area (Å²) in [6.07, 6.45) is 29.8. The number of hydrogen-bond donors (Lipinski definition) is 0. The van der Waals surface area contributed by atoms with Crippen molar-refractivity contribution in [3.8, 4) is 95.5 Å². The number of hydrogen-bond acceptors (Lipinski definition) is 20. The molecule has 0 atom stereocenters. The summed E-state index contributed by atoms with van der Waals surface area (Å²) in [5, 5.41) is 23.5. The Morgan fingerprint density at radius 2 is 0.672 bits per heavy atom. The quantitative estimate of drug-likeness (QED) is 0.0771. The van der Waals surface area contributed by atoms with Crippen LogP contribution in [0.2, 0.25) is 0 Å². The van der Waals surface area contributed by atoms with Gasteiger partial charge in [-0.15, -0.1) is 5.10 Å². The topological polar surface area (TPSA) is 278 Å². The molecular weight excluding hydrogens is 1700 g/mol. The maximum Gasteiger partial charge on any atom is 0.259 e. The summed E-state index contributed by atoms with van der Waals surface area (Å²) in [6, 6.07) is 64.5. The third kappa shape index (κ3) is 31.6. The monoisotopic (exact) mass is 1830 g/mol. The van der Waals surface area contributed by atoms with Crippen molar-refractivity contribution < 1.29 is 9.05 Å². The Balaban J connectivity index is 0.000000159. The zero-order valence-corrected chi connectivity index (χ0v) is 84.5. The van der Waals surface area contributed by atoms with Gasteiger partial charge in [-0.1, -0.05) is 255 Å². The fourth-order valence-electron chi connectivity index (χ4n) is 13.6. The lowest BCUT2D eigenvalue weighted by atomic mass is 10.0. The van der Waals surface area contributed by atoms with E-state index in [4.69, 9.17) is 9.05 Å². The Hall–Kier alpha value is -14.9. The maximum absolute atomic E-state index is 5.05. The highest BCUT2D eigenvalue weighted by molar-refractivity contribution is 5.68. The van der Waals surface area contributed by atoms with E-state index in [1.165, 1.54) is 50.2 Å². The summed E-state index contributed by atoms with van der Waals surface area (Å²) < 4.78 is 17.5. The Morgan fingerprint density at radius 1 is 0.299 bits per heavy atom. The van der Waals surface area contributed by atoms with Crippen LogP contribution in [0.1, 0.15) is 258 Å². The van der Waals surface area contributed by atoms with Gasteiger partial charge >= 0.3 is 0 Å². The molecule has 0 saturated heterocycles. The SMILES string of the molecule is CC(C)c1ccc(-c2ccccc2)cn1.CC(C)c1ccc(-c2cncn2C)cn1.CC(C)c1ccc(-c2cnn(C)c2)cn1.CC(C)c1ccc(-n2ccnn2)cn1.Cc1c(-c2ccc(C(C)C)nc2)cnn1C.Cc1cccc(-c2ccc(C(C)C)nc2)c1.Cc1ccccc1-c1ccc(C(C)C)nc1.Cc1noc(-c2ccc(C(C)C)nc2)n1.Cc1noc(-c2ccc(C(C)C)nc2)n1. The first kappa shape index (κ1) is 104. The van der Waals surface area contributed by atoms with E-state index in [0.717, 1.165) is 102 Å². The van der Waals surface area contributed by atoms with Gasteiger partial charge < -0.3 is 13.6 Å².